The molecule has 0 saturated carbocycles. The molecule has 0 bridgehead atoms. The van der Waals surface area contributed by atoms with E-state index in [-0.39, 0.29) is 20.9 Å². The molecule has 4 N–H and O–H groups in total. The van der Waals surface area contributed by atoms with Gasteiger partial charge in [-0.05, 0) is 30.0 Å². The molecule has 0 rings (SSSR count). The fraction of sp³-hybridized carbons (Fsp3) is 1.00. The molecule has 0 aromatic carbocycles. The summed E-state index contributed by atoms with van der Waals surface area (Å²) in [6, 6.07) is 0. The molecule has 0 aliphatic heterocycles. The molecule has 15 heteroatoms. The molecule has 0 radical (unpaired) electrons. The van der Waals surface area contributed by atoms with E-state index < -0.39 is 21.3 Å². The van der Waals surface area contributed by atoms with Gasteiger partial charge in [-0.2, -0.15) is 0 Å². The molecule has 39 heavy (non-hydrogen) atoms. The van der Waals surface area contributed by atoms with Gasteiger partial charge in [0.05, 0.1) is 6.61 Å². The van der Waals surface area contributed by atoms with E-state index in [1.54, 1.807) is 11.4 Å². The zero-order chi connectivity index (χ0) is 29.9. The average molecular weight is 789 g/mol. The van der Waals surface area contributed by atoms with Gasteiger partial charge in [-0.3, -0.25) is 4.52 Å². The van der Waals surface area contributed by atoms with Gasteiger partial charge in [0, 0.05) is 0 Å². The summed E-state index contributed by atoms with van der Waals surface area (Å²) in [6.45, 7) is -4.38. The molecule has 0 aromatic rings. The van der Waals surface area contributed by atoms with E-state index in [0.717, 1.165) is 19.3 Å². The molecule has 8 nitrogen and oxygen atoms in total. The van der Waals surface area contributed by atoms with Crippen LogP contribution >= 0.6 is 21.3 Å². The van der Waals surface area contributed by atoms with Crippen LogP contribution in [0, 0.1) is 0 Å². The summed E-state index contributed by atoms with van der Waals surface area (Å²) >= 11 is 10.8. The molecule has 0 aliphatic carbocycles. The van der Waals surface area contributed by atoms with Crippen molar-refractivity contribution in [2.75, 3.05) is 6.61 Å². The molecule has 0 amide bonds. The van der Waals surface area contributed by atoms with Gasteiger partial charge in [0.2, 0.25) is 0 Å². The van der Waals surface area contributed by atoms with Crippen LogP contribution in [0.4, 0.5) is 0 Å². The van der Waals surface area contributed by atoms with E-state index in [4.69, 9.17) is 24.1 Å². The van der Waals surface area contributed by atoms with Crippen molar-refractivity contribution in [3.63, 3.8) is 0 Å². The molecule has 0 saturated heterocycles. The third-order valence-electron chi connectivity index (χ3n) is 5.91. The first-order chi connectivity index (χ1) is 18.4. The van der Waals surface area contributed by atoms with Crippen LogP contribution in [0.15, 0.2) is 0 Å². The van der Waals surface area contributed by atoms with Gasteiger partial charge < -0.3 is 19.6 Å². The van der Waals surface area contributed by atoms with Gasteiger partial charge in [-0.25, -0.2) is 13.2 Å². The summed E-state index contributed by atoms with van der Waals surface area (Å²) in [6.07, 6.45) is 25.7. The average Bonchev–Trinajstić information content (AvgIpc) is 2.82. The van der Waals surface area contributed by atoms with Gasteiger partial charge in [0.1, 0.15) is 0 Å². The zero-order valence-corrected chi connectivity index (χ0v) is 33.5. The summed E-state index contributed by atoms with van der Waals surface area (Å²) in [7, 11) is -4.65. The second-order valence-electron chi connectivity index (χ2n) is 9.85. The van der Waals surface area contributed by atoms with Crippen LogP contribution in [0.25, 0.3) is 0 Å². The molecule has 0 aromatic heterocycles. The quantitative estimate of drug-likeness (QED) is 0.0364. The number of phosphoric acid groups is 1. The molecule has 233 valence electrons. The summed E-state index contributed by atoms with van der Waals surface area (Å²) in [5, 5.41) is 1.63. The van der Waals surface area contributed by atoms with Gasteiger partial charge in [-0.1, -0.05) is 64.7 Å². The molecule has 0 atom stereocenters. The first kappa shape index (κ1) is 43.7. The van der Waals surface area contributed by atoms with Crippen molar-refractivity contribution in [3.8, 4) is 0 Å². The van der Waals surface area contributed by atoms with E-state index in [1.165, 1.54) is 96.3 Å². The van der Waals surface area contributed by atoms with Crippen molar-refractivity contribution in [3.05, 3.63) is 0 Å². The SMILES string of the molecule is CCCCCCCCCCCCOP(=O)(OP(O)(O)=S)OP(O)(O)=S.CCCCCCCCCCC[CH2][Zn][Mo]. The van der Waals surface area contributed by atoms with E-state index in [1.807, 2.05) is 0 Å². The Hall–Kier alpha value is 2.56. The summed E-state index contributed by atoms with van der Waals surface area (Å²) in [5.41, 5.74) is 0. The van der Waals surface area contributed by atoms with E-state index >= 15 is 0 Å². The maximum absolute atomic E-state index is 12.1. The molecular weight excluding hydrogens is 735 g/mol. The van der Waals surface area contributed by atoms with Crippen molar-refractivity contribution < 1.29 is 68.7 Å². The summed E-state index contributed by atoms with van der Waals surface area (Å²) in [5.74, 6) is 0. The predicted octanol–water partition coefficient (Wildman–Crippen LogP) is 9.35. The van der Waals surface area contributed by atoms with Crippen LogP contribution < -0.4 is 0 Å². The van der Waals surface area contributed by atoms with Crippen LogP contribution in [-0.2, 0) is 72.8 Å². The Bertz CT molecular complexity index is 646. The molecule has 0 spiro atoms. The third-order valence-corrected chi connectivity index (χ3v) is 16.3. The van der Waals surface area contributed by atoms with Crippen LogP contribution in [0.2, 0.25) is 5.02 Å². The second kappa shape index (κ2) is 29.3. The second-order valence-corrected chi connectivity index (χ2v) is 24.7. The molecule has 0 fully saturated rings. The molecule has 0 unspecified atom stereocenters. The maximum atomic E-state index is 12.1. The van der Waals surface area contributed by atoms with Crippen LogP contribution in [0.5, 0.6) is 0 Å². The Morgan fingerprint density at radius 1 is 0.590 bits per heavy atom. The van der Waals surface area contributed by atoms with E-state index in [0.29, 0.717) is 6.42 Å². The number of hydrogen-bond donors (Lipinski definition) is 4. The van der Waals surface area contributed by atoms with Gasteiger partial charge in [0.25, 0.3) is 0 Å². The van der Waals surface area contributed by atoms with E-state index in [9.17, 15) is 4.57 Å². The predicted molar refractivity (Wildman–Crippen MR) is 162 cm³/mol. The zero-order valence-electron chi connectivity index (χ0n) is 24.3. The van der Waals surface area contributed by atoms with Gasteiger partial charge >= 0.3 is 129 Å². The summed E-state index contributed by atoms with van der Waals surface area (Å²) in [4.78, 5) is 36.3. The monoisotopic (exact) mass is 789 g/mol. The molecule has 0 heterocycles. The Kier molecular flexibility index (Phi) is 32.8. The van der Waals surface area contributed by atoms with Crippen molar-refractivity contribution in [1.82, 2.24) is 0 Å². The van der Waals surface area contributed by atoms with Crippen molar-refractivity contribution >= 4 is 44.9 Å². The Labute approximate surface area is 265 Å². The van der Waals surface area contributed by atoms with Crippen LogP contribution in [-0.4, -0.2) is 26.2 Å². The van der Waals surface area contributed by atoms with Gasteiger partial charge in [0.15, 0.2) is 0 Å². The first-order valence-corrected chi connectivity index (χ1v) is 32.1. The minimum atomic E-state index is -4.65. The Morgan fingerprint density at radius 2 is 0.897 bits per heavy atom. The van der Waals surface area contributed by atoms with Crippen molar-refractivity contribution in [2.45, 2.75) is 147 Å². The number of hydrogen-bond acceptors (Lipinski definition) is 6. The molecular formula is C24H54MoO8P3S2Zn. The fourth-order valence-electron chi connectivity index (χ4n) is 3.85. The number of unbranched alkanes of at least 4 members (excludes halogenated alkanes) is 18. The Balaban J connectivity index is 0. The number of rotatable bonds is 27. The van der Waals surface area contributed by atoms with Crippen molar-refractivity contribution in [1.29, 1.82) is 0 Å². The Morgan fingerprint density at radius 3 is 1.21 bits per heavy atom. The fourth-order valence-corrected chi connectivity index (χ4v) is 12.3. The topological polar surface area (TPSA) is 126 Å². The third kappa shape index (κ3) is 38.5. The van der Waals surface area contributed by atoms with Gasteiger partial charge in [-0.15, -0.1) is 0 Å². The van der Waals surface area contributed by atoms with E-state index in [2.05, 4.69) is 63.3 Å². The van der Waals surface area contributed by atoms with Crippen molar-refractivity contribution in [2.24, 2.45) is 0 Å². The van der Waals surface area contributed by atoms with Crippen LogP contribution in [0.1, 0.15) is 142 Å². The first-order valence-electron chi connectivity index (χ1n) is 14.8. The molecule has 0 aliphatic rings. The normalized spacial score (nSPS) is 12.2. The minimum absolute atomic E-state index is 0.0164. The van der Waals surface area contributed by atoms with Crippen LogP contribution in [0.3, 0.4) is 0 Å². The summed E-state index contributed by atoms with van der Waals surface area (Å²) < 4.78 is 25.5. The standard InChI is InChI=1S/C12H29O8P3S2.C12H25.Mo.Zn/c1-2-3-4-5-6-7-8-9-10-11-12-18-23(17,19-21(13,14)24)20-22(15,16)25;1-3-5-7-9-11-12-10-8-6-4-2;;/h2-12H2,1H3,(H2,13,14,24)(H2,15,16,25);1,3-12H2,2H3;;.